The molecule has 1 aromatic rings. The van der Waals surface area contributed by atoms with E-state index in [-0.39, 0.29) is 11.6 Å². The normalized spacial score (nSPS) is 21.0. The van der Waals surface area contributed by atoms with Crippen molar-refractivity contribution in [3.63, 3.8) is 0 Å². The maximum atomic E-state index is 12.3. The number of aryl methyl sites for hydroxylation is 1. The number of amides is 2. The predicted octanol–water partition coefficient (Wildman–Crippen LogP) is 2.54. The molecule has 140 valence electrons. The fourth-order valence-corrected chi connectivity index (χ4v) is 4.71. The van der Waals surface area contributed by atoms with Crippen molar-refractivity contribution in [1.82, 2.24) is 20.5 Å². The van der Waals surface area contributed by atoms with Gasteiger partial charge in [0, 0.05) is 36.2 Å². The Kier molecular flexibility index (Phi) is 6.67. The molecule has 0 spiro atoms. The molecular weight excluding hydrogens is 336 g/mol. The lowest BCUT2D eigenvalue weighted by Crippen LogP contribution is -2.60. The second kappa shape index (κ2) is 8.96. The van der Waals surface area contributed by atoms with E-state index in [9.17, 15) is 4.79 Å². The molecule has 2 N–H and O–H groups in total. The first-order valence-corrected chi connectivity index (χ1v) is 10.3. The summed E-state index contributed by atoms with van der Waals surface area (Å²) in [6.45, 7) is 6.89. The lowest BCUT2D eigenvalue weighted by molar-refractivity contribution is -0.0357. The summed E-state index contributed by atoms with van der Waals surface area (Å²) in [6.07, 6.45) is 9.03. The van der Waals surface area contributed by atoms with Crippen LogP contribution in [0.4, 0.5) is 4.79 Å². The summed E-state index contributed by atoms with van der Waals surface area (Å²) in [5.74, 6) is 0. The van der Waals surface area contributed by atoms with Crippen LogP contribution in [0.3, 0.4) is 0 Å². The first-order chi connectivity index (χ1) is 12.2. The van der Waals surface area contributed by atoms with E-state index < -0.39 is 0 Å². The van der Waals surface area contributed by atoms with Gasteiger partial charge in [0.05, 0.1) is 19.8 Å². The van der Waals surface area contributed by atoms with E-state index in [1.165, 1.54) is 37.0 Å². The van der Waals surface area contributed by atoms with Gasteiger partial charge in [0.1, 0.15) is 5.01 Å². The molecule has 1 saturated carbocycles. The standard InChI is InChI=1S/C18H30N4O2S/c1-2-15-12-19-16(25-15)13-20-17(23)21-14-18(6-4-3-5-7-18)22-8-10-24-11-9-22/h12H,2-11,13-14H2,1H3,(H2,20,21,23). The highest BCUT2D eigenvalue weighted by Crippen LogP contribution is 2.33. The van der Waals surface area contributed by atoms with Gasteiger partial charge in [0.25, 0.3) is 0 Å². The molecule has 0 unspecified atom stereocenters. The van der Waals surface area contributed by atoms with Crippen LogP contribution in [0.25, 0.3) is 0 Å². The molecule has 1 aliphatic carbocycles. The molecule has 6 nitrogen and oxygen atoms in total. The van der Waals surface area contributed by atoms with E-state index >= 15 is 0 Å². The molecule has 1 aliphatic heterocycles. The van der Waals surface area contributed by atoms with Gasteiger partial charge in [-0.05, 0) is 19.3 Å². The van der Waals surface area contributed by atoms with Gasteiger partial charge in [-0.25, -0.2) is 9.78 Å². The number of carbonyl (C=O) groups excluding carboxylic acids is 1. The molecule has 0 atom stereocenters. The quantitative estimate of drug-likeness (QED) is 0.812. The predicted molar refractivity (Wildman–Crippen MR) is 99.9 cm³/mol. The number of hydrogen-bond donors (Lipinski definition) is 2. The van der Waals surface area contributed by atoms with Crippen molar-refractivity contribution in [1.29, 1.82) is 0 Å². The van der Waals surface area contributed by atoms with Crippen LogP contribution < -0.4 is 10.6 Å². The summed E-state index contributed by atoms with van der Waals surface area (Å²) in [7, 11) is 0. The van der Waals surface area contributed by atoms with Crippen molar-refractivity contribution >= 4 is 17.4 Å². The van der Waals surface area contributed by atoms with E-state index in [4.69, 9.17) is 4.74 Å². The molecule has 1 aromatic heterocycles. The largest absolute Gasteiger partial charge is 0.379 e. The van der Waals surface area contributed by atoms with Crippen LogP contribution in [-0.4, -0.2) is 54.3 Å². The number of rotatable bonds is 6. The third-order valence-electron chi connectivity index (χ3n) is 5.39. The highest BCUT2D eigenvalue weighted by molar-refractivity contribution is 7.11. The van der Waals surface area contributed by atoms with Gasteiger partial charge in [-0.1, -0.05) is 26.2 Å². The molecule has 0 bridgehead atoms. The number of hydrogen-bond acceptors (Lipinski definition) is 5. The van der Waals surface area contributed by atoms with Crippen LogP contribution >= 0.6 is 11.3 Å². The monoisotopic (exact) mass is 366 g/mol. The third-order valence-corrected chi connectivity index (χ3v) is 6.54. The number of carbonyl (C=O) groups is 1. The lowest BCUT2D eigenvalue weighted by Gasteiger charge is -2.48. The van der Waals surface area contributed by atoms with Gasteiger partial charge in [-0.2, -0.15) is 0 Å². The van der Waals surface area contributed by atoms with Crippen molar-refractivity contribution in [2.75, 3.05) is 32.8 Å². The first kappa shape index (κ1) is 18.6. The zero-order valence-corrected chi connectivity index (χ0v) is 16.0. The number of nitrogens with zero attached hydrogens (tertiary/aromatic N) is 2. The Morgan fingerprint density at radius 1 is 1.28 bits per heavy atom. The number of urea groups is 1. The second-order valence-electron chi connectivity index (χ2n) is 6.99. The van der Waals surface area contributed by atoms with Gasteiger partial charge >= 0.3 is 6.03 Å². The summed E-state index contributed by atoms with van der Waals surface area (Å²) < 4.78 is 5.51. The third kappa shape index (κ3) is 4.92. The Hall–Kier alpha value is -1.18. The van der Waals surface area contributed by atoms with Crippen molar-refractivity contribution in [2.24, 2.45) is 0 Å². The Labute approximate surface area is 154 Å². The summed E-state index contributed by atoms with van der Waals surface area (Å²) in [5.41, 5.74) is 0.107. The molecule has 1 saturated heterocycles. The molecule has 0 radical (unpaired) electrons. The van der Waals surface area contributed by atoms with Crippen LogP contribution in [0.15, 0.2) is 6.20 Å². The first-order valence-electron chi connectivity index (χ1n) is 9.50. The van der Waals surface area contributed by atoms with Crippen LogP contribution in [0, 0.1) is 0 Å². The van der Waals surface area contributed by atoms with Crippen molar-refractivity contribution in [2.45, 2.75) is 57.5 Å². The van der Waals surface area contributed by atoms with E-state index in [0.29, 0.717) is 6.54 Å². The zero-order valence-electron chi connectivity index (χ0n) is 15.2. The molecule has 2 aliphatic rings. The minimum absolute atomic E-state index is 0.0912. The zero-order chi connectivity index (χ0) is 17.5. The van der Waals surface area contributed by atoms with Gasteiger partial charge in [0.2, 0.25) is 0 Å². The Morgan fingerprint density at radius 2 is 2.04 bits per heavy atom. The summed E-state index contributed by atoms with van der Waals surface area (Å²) in [6, 6.07) is -0.0912. The lowest BCUT2D eigenvalue weighted by atomic mass is 9.80. The molecule has 0 aromatic carbocycles. The van der Waals surface area contributed by atoms with Gasteiger partial charge in [-0.15, -0.1) is 11.3 Å². The van der Waals surface area contributed by atoms with Crippen molar-refractivity contribution in [3.8, 4) is 0 Å². The molecule has 25 heavy (non-hydrogen) atoms. The maximum Gasteiger partial charge on any atom is 0.315 e. The van der Waals surface area contributed by atoms with Gasteiger partial charge in [0.15, 0.2) is 0 Å². The van der Waals surface area contributed by atoms with E-state index in [0.717, 1.165) is 44.3 Å². The summed E-state index contributed by atoms with van der Waals surface area (Å²) >= 11 is 1.67. The molecule has 2 fully saturated rings. The van der Waals surface area contributed by atoms with Gasteiger partial charge < -0.3 is 15.4 Å². The van der Waals surface area contributed by atoms with Crippen LogP contribution in [0.2, 0.25) is 0 Å². The average Bonchev–Trinajstić information content (AvgIpc) is 3.14. The highest BCUT2D eigenvalue weighted by Gasteiger charge is 2.38. The van der Waals surface area contributed by atoms with Gasteiger partial charge in [-0.3, -0.25) is 4.90 Å². The minimum atomic E-state index is -0.0912. The van der Waals surface area contributed by atoms with Crippen LogP contribution in [0.5, 0.6) is 0 Å². The SMILES string of the molecule is CCc1cnc(CNC(=O)NCC2(N3CCOCC3)CCCCC2)s1. The fourth-order valence-electron chi connectivity index (χ4n) is 3.91. The average molecular weight is 367 g/mol. The second-order valence-corrected chi connectivity index (χ2v) is 8.19. The molecule has 2 amide bonds. The Morgan fingerprint density at radius 3 is 2.72 bits per heavy atom. The minimum Gasteiger partial charge on any atom is -0.379 e. The number of ether oxygens (including phenoxy) is 1. The Balaban J connectivity index is 1.50. The number of aromatic nitrogens is 1. The molecule has 3 rings (SSSR count). The van der Waals surface area contributed by atoms with Crippen LogP contribution in [0.1, 0.15) is 48.9 Å². The number of morpholine rings is 1. The molecule has 2 heterocycles. The fraction of sp³-hybridized carbons (Fsp3) is 0.778. The summed E-state index contributed by atoms with van der Waals surface area (Å²) in [5, 5.41) is 7.04. The maximum absolute atomic E-state index is 12.3. The highest BCUT2D eigenvalue weighted by atomic mass is 32.1. The summed E-state index contributed by atoms with van der Waals surface area (Å²) in [4.78, 5) is 20.4. The number of thiazole rings is 1. The van der Waals surface area contributed by atoms with Crippen molar-refractivity contribution in [3.05, 3.63) is 16.1 Å². The molecule has 7 heteroatoms. The van der Waals surface area contributed by atoms with E-state index in [1.54, 1.807) is 11.3 Å². The van der Waals surface area contributed by atoms with Crippen molar-refractivity contribution < 1.29 is 9.53 Å². The van der Waals surface area contributed by atoms with E-state index in [2.05, 4.69) is 27.4 Å². The smallest absolute Gasteiger partial charge is 0.315 e. The Bertz CT molecular complexity index is 551. The van der Waals surface area contributed by atoms with Crippen LogP contribution in [-0.2, 0) is 17.7 Å². The number of nitrogens with one attached hydrogen (secondary N) is 2. The van der Waals surface area contributed by atoms with E-state index in [1.807, 2.05) is 6.20 Å². The molecular formula is C18H30N4O2S. The topological polar surface area (TPSA) is 66.5 Å².